The van der Waals surface area contributed by atoms with Crippen LogP contribution in [0.5, 0.6) is 0 Å². The zero-order valence-corrected chi connectivity index (χ0v) is 11.4. The molecule has 0 atom stereocenters. The summed E-state index contributed by atoms with van der Waals surface area (Å²) in [4.78, 5) is 6.64. The lowest BCUT2D eigenvalue weighted by atomic mass is 10.1. The first kappa shape index (κ1) is 12.4. The van der Waals surface area contributed by atoms with Gasteiger partial charge in [0.15, 0.2) is 5.65 Å². The molecule has 0 radical (unpaired) electrons. The number of fused-ring (bicyclic) bond motifs is 1. The summed E-state index contributed by atoms with van der Waals surface area (Å²) in [6.07, 6.45) is 7.38. The van der Waals surface area contributed by atoms with Gasteiger partial charge in [-0.2, -0.15) is 0 Å². The Bertz CT molecular complexity index is 556. The van der Waals surface area contributed by atoms with Crippen LogP contribution in [0.3, 0.4) is 0 Å². The second kappa shape index (κ2) is 5.17. The number of aromatic nitrogens is 3. The lowest BCUT2D eigenvalue weighted by molar-refractivity contribution is 0.543. The van der Waals surface area contributed by atoms with Crippen LogP contribution in [0.15, 0.2) is 18.3 Å². The van der Waals surface area contributed by atoms with Gasteiger partial charge in [-0.1, -0.05) is 12.8 Å². The van der Waals surface area contributed by atoms with Crippen LogP contribution in [0.25, 0.3) is 5.65 Å². The Balaban J connectivity index is 1.79. The molecular formula is C14H21N5. The Morgan fingerprint density at radius 3 is 2.89 bits per heavy atom. The van der Waals surface area contributed by atoms with Gasteiger partial charge >= 0.3 is 0 Å². The van der Waals surface area contributed by atoms with Gasteiger partial charge in [0.05, 0.1) is 11.9 Å². The fourth-order valence-corrected chi connectivity index (χ4v) is 2.90. The highest BCUT2D eigenvalue weighted by molar-refractivity contribution is 5.46. The summed E-state index contributed by atoms with van der Waals surface area (Å²) in [7, 11) is 2.12. The number of nitrogens with zero attached hydrogens (tertiary/aromatic N) is 4. The molecule has 0 bridgehead atoms. The first-order chi connectivity index (χ1) is 9.26. The second-order valence-corrected chi connectivity index (χ2v) is 5.46. The van der Waals surface area contributed by atoms with E-state index in [1.807, 2.05) is 22.8 Å². The number of nitrogens with two attached hydrogens (primary N) is 1. The Labute approximate surface area is 113 Å². The maximum Gasteiger partial charge on any atom is 0.153 e. The van der Waals surface area contributed by atoms with Crippen molar-refractivity contribution in [2.45, 2.75) is 32.2 Å². The van der Waals surface area contributed by atoms with Gasteiger partial charge in [-0.25, -0.2) is 9.50 Å². The third-order valence-electron chi connectivity index (χ3n) is 3.96. The summed E-state index contributed by atoms with van der Waals surface area (Å²) < 4.78 is 1.82. The molecule has 1 aliphatic carbocycles. The number of anilines is 1. The van der Waals surface area contributed by atoms with Crippen molar-refractivity contribution in [2.24, 2.45) is 11.7 Å². The van der Waals surface area contributed by atoms with Crippen LogP contribution in [-0.2, 0) is 6.54 Å². The van der Waals surface area contributed by atoms with Gasteiger partial charge in [0.25, 0.3) is 0 Å². The van der Waals surface area contributed by atoms with Crippen molar-refractivity contribution < 1.29 is 0 Å². The van der Waals surface area contributed by atoms with Gasteiger partial charge in [0.1, 0.15) is 5.82 Å². The predicted molar refractivity (Wildman–Crippen MR) is 76.1 cm³/mol. The van der Waals surface area contributed by atoms with Crippen molar-refractivity contribution >= 4 is 11.5 Å². The topological polar surface area (TPSA) is 59.5 Å². The zero-order chi connectivity index (χ0) is 13.2. The average Bonchev–Trinajstić information content (AvgIpc) is 3.05. The first-order valence-corrected chi connectivity index (χ1v) is 7.03. The van der Waals surface area contributed by atoms with E-state index in [2.05, 4.69) is 22.0 Å². The van der Waals surface area contributed by atoms with Crippen LogP contribution in [0, 0.1) is 5.92 Å². The number of hydrogen-bond acceptors (Lipinski definition) is 4. The van der Waals surface area contributed by atoms with Crippen LogP contribution >= 0.6 is 0 Å². The first-order valence-electron chi connectivity index (χ1n) is 7.03. The number of imidazole rings is 1. The van der Waals surface area contributed by atoms with Crippen LogP contribution in [0.1, 0.15) is 31.4 Å². The molecule has 3 rings (SSSR count). The van der Waals surface area contributed by atoms with Gasteiger partial charge in [-0.15, -0.1) is 5.10 Å². The van der Waals surface area contributed by atoms with E-state index in [0.717, 1.165) is 29.6 Å². The van der Waals surface area contributed by atoms with Crippen molar-refractivity contribution in [1.82, 2.24) is 14.6 Å². The third-order valence-corrected chi connectivity index (χ3v) is 3.96. The molecule has 2 heterocycles. The minimum Gasteiger partial charge on any atom is -0.358 e. The van der Waals surface area contributed by atoms with Crippen LogP contribution in [0.2, 0.25) is 0 Å². The normalized spacial score (nSPS) is 16.3. The minimum atomic E-state index is 0.455. The molecule has 5 nitrogen and oxygen atoms in total. The van der Waals surface area contributed by atoms with Crippen molar-refractivity contribution in [3.05, 3.63) is 24.0 Å². The summed E-state index contributed by atoms with van der Waals surface area (Å²) in [5.41, 5.74) is 7.34. The van der Waals surface area contributed by atoms with E-state index >= 15 is 0 Å². The van der Waals surface area contributed by atoms with Crippen molar-refractivity contribution in [1.29, 1.82) is 0 Å². The van der Waals surface area contributed by atoms with Gasteiger partial charge in [0, 0.05) is 20.1 Å². The molecule has 0 aromatic carbocycles. The van der Waals surface area contributed by atoms with E-state index < -0.39 is 0 Å². The molecular weight excluding hydrogens is 238 g/mol. The fraction of sp³-hybridized carbons (Fsp3) is 0.571. The number of rotatable bonds is 4. The molecule has 0 unspecified atom stereocenters. The zero-order valence-electron chi connectivity index (χ0n) is 11.4. The van der Waals surface area contributed by atoms with Crippen molar-refractivity contribution in [2.75, 3.05) is 18.5 Å². The Kier molecular flexibility index (Phi) is 3.38. The van der Waals surface area contributed by atoms with Crippen LogP contribution < -0.4 is 10.6 Å². The maximum absolute atomic E-state index is 5.61. The summed E-state index contributed by atoms with van der Waals surface area (Å²) in [6, 6.07) is 4.05. The van der Waals surface area contributed by atoms with Gasteiger partial charge < -0.3 is 10.6 Å². The average molecular weight is 259 g/mol. The maximum atomic E-state index is 5.61. The summed E-state index contributed by atoms with van der Waals surface area (Å²) in [5, 5.41) is 4.61. The SMILES string of the molecule is CN(CC1CCCC1)c1ccc2nc(CN)cn2n1. The monoisotopic (exact) mass is 259 g/mol. The minimum absolute atomic E-state index is 0.455. The highest BCUT2D eigenvalue weighted by atomic mass is 15.3. The van der Waals surface area contributed by atoms with E-state index in [9.17, 15) is 0 Å². The second-order valence-electron chi connectivity index (χ2n) is 5.46. The summed E-state index contributed by atoms with van der Waals surface area (Å²) >= 11 is 0. The fourth-order valence-electron chi connectivity index (χ4n) is 2.90. The van der Waals surface area contributed by atoms with Crippen molar-refractivity contribution in [3.63, 3.8) is 0 Å². The van der Waals surface area contributed by atoms with Crippen LogP contribution in [-0.4, -0.2) is 28.2 Å². The van der Waals surface area contributed by atoms with E-state index in [0.29, 0.717) is 6.54 Å². The molecule has 0 saturated heterocycles. The Morgan fingerprint density at radius 2 is 2.16 bits per heavy atom. The van der Waals surface area contributed by atoms with E-state index in [-0.39, 0.29) is 0 Å². The standard InChI is InChI=1S/C14H21N5/c1-18(9-11-4-2-3-5-11)14-7-6-13-16-12(8-15)10-19(13)17-14/h6-7,10-11H,2-5,8-9,15H2,1H3. The molecule has 0 amide bonds. The molecule has 2 N–H and O–H groups in total. The van der Waals surface area contributed by atoms with Crippen LogP contribution in [0.4, 0.5) is 5.82 Å². The highest BCUT2D eigenvalue weighted by Crippen LogP contribution is 2.26. The number of hydrogen-bond donors (Lipinski definition) is 1. The van der Waals surface area contributed by atoms with E-state index in [1.54, 1.807) is 0 Å². The highest BCUT2D eigenvalue weighted by Gasteiger charge is 2.17. The lowest BCUT2D eigenvalue weighted by Gasteiger charge is -2.21. The molecule has 19 heavy (non-hydrogen) atoms. The predicted octanol–water partition coefficient (Wildman–Crippen LogP) is 1.81. The molecule has 2 aromatic rings. The molecule has 2 aromatic heterocycles. The smallest absolute Gasteiger partial charge is 0.153 e. The quantitative estimate of drug-likeness (QED) is 0.909. The summed E-state index contributed by atoms with van der Waals surface area (Å²) in [5.74, 6) is 1.82. The Morgan fingerprint density at radius 1 is 1.37 bits per heavy atom. The molecule has 1 saturated carbocycles. The molecule has 1 aliphatic rings. The molecule has 1 fully saturated rings. The third kappa shape index (κ3) is 2.56. The van der Waals surface area contributed by atoms with Gasteiger partial charge in [-0.05, 0) is 30.9 Å². The largest absolute Gasteiger partial charge is 0.358 e. The molecule has 0 spiro atoms. The molecule has 5 heteroatoms. The lowest BCUT2D eigenvalue weighted by Crippen LogP contribution is -2.25. The van der Waals surface area contributed by atoms with Gasteiger partial charge in [0.2, 0.25) is 0 Å². The molecule has 102 valence electrons. The van der Waals surface area contributed by atoms with Gasteiger partial charge in [-0.3, -0.25) is 0 Å². The van der Waals surface area contributed by atoms with E-state index in [4.69, 9.17) is 5.73 Å². The molecule has 0 aliphatic heterocycles. The van der Waals surface area contributed by atoms with Crippen molar-refractivity contribution in [3.8, 4) is 0 Å². The summed E-state index contributed by atoms with van der Waals surface area (Å²) in [6.45, 7) is 1.55. The Hall–Kier alpha value is -1.62. The van der Waals surface area contributed by atoms with E-state index in [1.165, 1.54) is 25.7 Å².